The van der Waals surface area contributed by atoms with Crippen molar-refractivity contribution in [3.8, 4) is 0 Å². The highest BCUT2D eigenvalue weighted by molar-refractivity contribution is 6.24. The summed E-state index contributed by atoms with van der Waals surface area (Å²) in [5, 5.41) is 4.06. The minimum atomic E-state index is -1.01. The molecule has 1 aromatic carbocycles. The molecule has 0 atom stereocenters. The van der Waals surface area contributed by atoms with Gasteiger partial charge in [-0.2, -0.15) is 5.10 Å². The lowest BCUT2D eigenvalue weighted by Crippen LogP contribution is -2.27. The second kappa shape index (κ2) is 8.72. The van der Waals surface area contributed by atoms with Crippen LogP contribution in [0.15, 0.2) is 52.5 Å². The molecule has 3 N–H and O–H groups in total. The molecule has 1 heterocycles. The molecule has 8 nitrogen and oxygen atoms in total. The Bertz CT molecular complexity index is 919. The molecule has 0 bridgehead atoms. The quantitative estimate of drug-likeness (QED) is 0.259. The van der Waals surface area contributed by atoms with Gasteiger partial charge in [0.2, 0.25) is 0 Å². The van der Waals surface area contributed by atoms with Crippen molar-refractivity contribution in [1.82, 2.24) is 5.43 Å². The molecular weight excluding hydrogens is 374 g/mol. The summed E-state index contributed by atoms with van der Waals surface area (Å²) in [5.74, 6) is -2.08. The van der Waals surface area contributed by atoms with Crippen LogP contribution in [0.2, 0.25) is 0 Å². The normalized spacial score (nSPS) is 16.7. The molecule has 0 saturated heterocycles. The zero-order chi connectivity index (χ0) is 21.8. The number of aryl methyl sites for hydroxylation is 1. The molecule has 0 fully saturated rings. The number of nitrogens with two attached hydrogens (primary N) is 1. The molecule has 8 heteroatoms. The number of amides is 2. The van der Waals surface area contributed by atoms with Crippen LogP contribution in [-0.4, -0.2) is 30.1 Å². The van der Waals surface area contributed by atoms with Crippen LogP contribution in [0.4, 0.5) is 0 Å². The van der Waals surface area contributed by atoms with Gasteiger partial charge >= 0.3 is 5.97 Å². The maximum absolute atomic E-state index is 12.4. The minimum Gasteiger partial charge on any atom is -0.462 e. The molecule has 0 aliphatic carbocycles. The predicted octanol–water partition coefficient (Wildman–Crippen LogP) is 2.34. The number of carbonyl (C=O) groups is 3. The standard InChI is InChI=1S/C21H25N3O5/c1-6-28-20(27)16(18(22)25)17-14(11-15(29-17)21(3,4)5)23-24-19(26)13-9-7-12(2)8-10-13/h7-11H,6H2,1-5H3,(H2,22,25)(H,24,26)/b17-16-,23-14+. The van der Waals surface area contributed by atoms with E-state index in [-0.39, 0.29) is 18.1 Å². The third kappa shape index (κ3) is 5.31. The van der Waals surface area contributed by atoms with Crippen molar-refractivity contribution >= 4 is 23.5 Å². The van der Waals surface area contributed by atoms with E-state index >= 15 is 0 Å². The number of nitrogens with one attached hydrogen (secondary N) is 1. The van der Waals surface area contributed by atoms with Crippen molar-refractivity contribution in [3.63, 3.8) is 0 Å². The van der Waals surface area contributed by atoms with E-state index in [1.165, 1.54) is 0 Å². The minimum absolute atomic E-state index is 0.0546. The maximum atomic E-state index is 12.4. The van der Waals surface area contributed by atoms with Gasteiger partial charge in [0.25, 0.3) is 11.8 Å². The summed E-state index contributed by atoms with van der Waals surface area (Å²) < 4.78 is 10.7. The van der Waals surface area contributed by atoms with Gasteiger partial charge in [-0.3, -0.25) is 9.59 Å². The Kier molecular flexibility index (Phi) is 6.58. The maximum Gasteiger partial charge on any atom is 0.347 e. The topological polar surface area (TPSA) is 120 Å². The van der Waals surface area contributed by atoms with Gasteiger partial charge in [0.05, 0.1) is 6.61 Å². The Hall–Kier alpha value is -3.42. The smallest absolute Gasteiger partial charge is 0.347 e. The molecule has 0 radical (unpaired) electrons. The number of nitrogens with zero attached hydrogens (tertiary/aromatic N) is 1. The van der Waals surface area contributed by atoms with E-state index < -0.39 is 28.8 Å². The largest absolute Gasteiger partial charge is 0.462 e. The third-order valence-corrected chi connectivity index (χ3v) is 4.00. The van der Waals surface area contributed by atoms with Gasteiger partial charge in [0.1, 0.15) is 11.5 Å². The number of ether oxygens (including phenoxy) is 2. The van der Waals surface area contributed by atoms with Gasteiger partial charge in [-0.05, 0) is 26.0 Å². The molecule has 0 spiro atoms. The highest BCUT2D eigenvalue weighted by Gasteiger charge is 2.35. The van der Waals surface area contributed by atoms with Gasteiger partial charge in [-0.1, -0.05) is 38.5 Å². The van der Waals surface area contributed by atoms with Gasteiger partial charge in [0, 0.05) is 17.1 Å². The molecule has 154 valence electrons. The zero-order valence-corrected chi connectivity index (χ0v) is 17.2. The lowest BCUT2D eigenvalue weighted by Gasteiger charge is -2.19. The van der Waals surface area contributed by atoms with Crippen LogP contribution < -0.4 is 11.2 Å². The van der Waals surface area contributed by atoms with E-state index in [0.717, 1.165) is 5.56 Å². The van der Waals surface area contributed by atoms with E-state index in [4.69, 9.17) is 15.2 Å². The number of hydrogen-bond acceptors (Lipinski definition) is 6. The Balaban J connectivity index is 2.45. The summed E-state index contributed by atoms with van der Waals surface area (Å²) >= 11 is 0. The Morgan fingerprint density at radius 3 is 2.31 bits per heavy atom. The van der Waals surface area contributed by atoms with Crippen LogP contribution in [0, 0.1) is 12.3 Å². The number of carbonyl (C=O) groups excluding carboxylic acids is 3. The van der Waals surface area contributed by atoms with Crippen LogP contribution in [0.3, 0.4) is 0 Å². The van der Waals surface area contributed by atoms with Crippen molar-refractivity contribution in [1.29, 1.82) is 0 Å². The summed E-state index contributed by atoms with van der Waals surface area (Å²) in [7, 11) is 0. The van der Waals surface area contributed by atoms with Crippen molar-refractivity contribution in [3.05, 3.63) is 58.6 Å². The number of rotatable bonds is 5. The molecule has 0 aromatic heterocycles. The summed E-state index contributed by atoms with van der Waals surface area (Å²) in [5.41, 5.74) is 8.40. The van der Waals surface area contributed by atoms with Gasteiger partial charge in [0.15, 0.2) is 11.3 Å². The van der Waals surface area contributed by atoms with E-state index in [1.807, 2.05) is 27.7 Å². The molecular formula is C21H25N3O5. The van der Waals surface area contributed by atoms with Gasteiger partial charge < -0.3 is 15.2 Å². The fraction of sp³-hybridized carbons (Fsp3) is 0.333. The number of esters is 1. The van der Waals surface area contributed by atoms with Crippen molar-refractivity contribution in [2.24, 2.45) is 16.3 Å². The molecule has 1 aliphatic rings. The number of hydrogen-bond donors (Lipinski definition) is 2. The summed E-state index contributed by atoms with van der Waals surface area (Å²) in [6.45, 7) is 9.23. The lowest BCUT2D eigenvalue weighted by atomic mass is 9.94. The molecule has 0 unspecified atom stereocenters. The van der Waals surface area contributed by atoms with Crippen LogP contribution in [0.25, 0.3) is 0 Å². The van der Waals surface area contributed by atoms with Gasteiger partial charge in [-0.25, -0.2) is 10.2 Å². The number of primary amides is 1. The van der Waals surface area contributed by atoms with E-state index in [1.54, 1.807) is 37.3 Å². The first kappa shape index (κ1) is 21.9. The number of benzene rings is 1. The number of hydrazone groups is 1. The van der Waals surface area contributed by atoms with E-state index in [9.17, 15) is 14.4 Å². The molecule has 2 rings (SSSR count). The Labute approximate surface area is 169 Å². The first-order valence-electron chi connectivity index (χ1n) is 9.11. The summed E-state index contributed by atoms with van der Waals surface area (Å²) in [4.78, 5) is 36.5. The molecule has 1 aliphatic heterocycles. The number of allylic oxidation sites excluding steroid dienone is 2. The summed E-state index contributed by atoms with van der Waals surface area (Å²) in [6.07, 6.45) is 1.55. The lowest BCUT2D eigenvalue weighted by molar-refractivity contribution is -0.140. The summed E-state index contributed by atoms with van der Waals surface area (Å²) in [6, 6.07) is 6.93. The third-order valence-electron chi connectivity index (χ3n) is 4.00. The highest BCUT2D eigenvalue weighted by Crippen LogP contribution is 2.34. The second-order valence-electron chi connectivity index (χ2n) is 7.45. The first-order valence-corrected chi connectivity index (χ1v) is 9.11. The van der Waals surface area contributed by atoms with E-state index in [0.29, 0.717) is 11.3 Å². The Morgan fingerprint density at radius 2 is 1.79 bits per heavy atom. The van der Waals surface area contributed by atoms with Crippen molar-refractivity contribution in [2.45, 2.75) is 34.6 Å². The molecule has 0 saturated carbocycles. The molecule has 1 aromatic rings. The molecule has 29 heavy (non-hydrogen) atoms. The van der Waals surface area contributed by atoms with Crippen LogP contribution >= 0.6 is 0 Å². The van der Waals surface area contributed by atoms with Gasteiger partial charge in [-0.15, -0.1) is 0 Å². The van der Waals surface area contributed by atoms with Crippen LogP contribution in [0.5, 0.6) is 0 Å². The predicted molar refractivity (Wildman–Crippen MR) is 108 cm³/mol. The average molecular weight is 399 g/mol. The fourth-order valence-electron chi connectivity index (χ4n) is 2.40. The van der Waals surface area contributed by atoms with Crippen molar-refractivity contribution < 1.29 is 23.9 Å². The average Bonchev–Trinajstić information content (AvgIpc) is 3.04. The SMILES string of the molecule is CCOC(=O)/C(C(N)=O)=C1\OC(C(C)(C)C)=C\C1=N/NC(=O)c1ccc(C)cc1. The molecule has 2 amide bonds. The fourth-order valence-corrected chi connectivity index (χ4v) is 2.40. The van der Waals surface area contributed by atoms with Crippen molar-refractivity contribution in [2.75, 3.05) is 6.61 Å². The van der Waals surface area contributed by atoms with Crippen LogP contribution in [-0.2, 0) is 19.1 Å². The van der Waals surface area contributed by atoms with Crippen LogP contribution in [0.1, 0.15) is 43.6 Å². The monoisotopic (exact) mass is 399 g/mol. The van der Waals surface area contributed by atoms with E-state index in [2.05, 4.69) is 10.5 Å². The Morgan fingerprint density at radius 1 is 1.17 bits per heavy atom. The zero-order valence-electron chi connectivity index (χ0n) is 17.2. The highest BCUT2D eigenvalue weighted by atomic mass is 16.5. The first-order chi connectivity index (χ1) is 13.5. The second-order valence-corrected chi connectivity index (χ2v) is 7.45.